The van der Waals surface area contributed by atoms with Gasteiger partial charge in [0, 0.05) is 29.2 Å². The van der Waals surface area contributed by atoms with E-state index in [1.54, 1.807) is 16.5 Å². The summed E-state index contributed by atoms with van der Waals surface area (Å²) in [7, 11) is 0. The zero-order valence-electron chi connectivity index (χ0n) is 13.6. The first-order valence-electron chi connectivity index (χ1n) is 8.08. The molecule has 3 aromatic rings. The van der Waals surface area contributed by atoms with Crippen LogP contribution in [0.15, 0.2) is 35.1 Å². The van der Waals surface area contributed by atoms with Crippen LogP contribution in [0.5, 0.6) is 5.75 Å². The molecule has 25 heavy (non-hydrogen) atoms. The lowest BCUT2D eigenvalue weighted by Crippen LogP contribution is -2.17. The number of thiazole rings is 1. The fourth-order valence-electron chi connectivity index (χ4n) is 3.14. The number of aryl methyl sites for hydroxylation is 1. The van der Waals surface area contributed by atoms with Crippen molar-refractivity contribution < 1.29 is 14.2 Å². The molecule has 1 aliphatic rings. The second-order valence-electron chi connectivity index (χ2n) is 6.25. The molecule has 1 aliphatic carbocycles. The van der Waals surface area contributed by atoms with Gasteiger partial charge in [-0.15, -0.1) is 11.3 Å². The lowest BCUT2D eigenvalue weighted by molar-refractivity contribution is 0.273. The molecule has 2 atom stereocenters. The van der Waals surface area contributed by atoms with Crippen LogP contribution in [0.2, 0.25) is 0 Å². The van der Waals surface area contributed by atoms with Gasteiger partial charge in [-0.3, -0.25) is 9.20 Å². The summed E-state index contributed by atoms with van der Waals surface area (Å²) in [4.78, 5) is 18.7. The second-order valence-corrected chi connectivity index (χ2v) is 7.43. The van der Waals surface area contributed by atoms with Gasteiger partial charge in [-0.2, -0.15) is 0 Å². The molecule has 0 saturated heterocycles. The number of aliphatic hydroxyl groups excluding tert-OH is 1. The summed E-state index contributed by atoms with van der Waals surface area (Å²) >= 11 is 1.45. The van der Waals surface area contributed by atoms with Crippen molar-refractivity contribution in [3.05, 3.63) is 62.8 Å². The van der Waals surface area contributed by atoms with Crippen LogP contribution < -0.4 is 10.3 Å². The second kappa shape index (κ2) is 6.24. The van der Waals surface area contributed by atoms with Crippen molar-refractivity contribution in [2.75, 3.05) is 6.61 Å². The lowest BCUT2D eigenvalue weighted by Gasteiger charge is -2.07. The predicted molar refractivity (Wildman–Crippen MR) is 92.7 cm³/mol. The Morgan fingerprint density at radius 3 is 2.96 bits per heavy atom. The first-order valence-corrected chi connectivity index (χ1v) is 8.90. The van der Waals surface area contributed by atoms with Gasteiger partial charge in [-0.1, -0.05) is 12.1 Å². The molecule has 4 rings (SSSR count). The van der Waals surface area contributed by atoms with Crippen LogP contribution in [0, 0.1) is 18.7 Å². The first kappa shape index (κ1) is 16.2. The fraction of sp³-hybridized carbons (Fsp3) is 0.333. The van der Waals surface area contributed by atoms with Gasteiger partial charge < -0.3 is 9.84 Å². The molecule has 7 heteroatoms. The quantitative estimate of drug-likeness (QED) is 0.760. The van der Waals surface area contributed by atoms with Crippen molar-refractivity contribution in [2.24, 2.45) is 5.92 Å². The molecule has 1 fully saturated rings. The minimum absolute atomic E-state index is 0.0294. The van der Waals surface area contributed by atoms with Gasteiger partial charge in [0.1, 0.15) is 6.61 Å². The van der Waals surface area contributed by atoms with E-state index < -0.39 is 5.82 Å². The monoisotopic (exact) mass is 360 g/mol. The molecule has 2 aromatic heterocycles. The summed E-state index contributed by atoms with van der Waals surface area (Å²) in [6, 6.07) is 7.57. The summed E-state index contributed by atoms with van der Waals surface area (Å²) in [6.45, 7) is 2.14. The van der Waals surface area contributed by atoms with Gasteiger partial charge in [-0.25, -0.2) is 9.37 Å². The van der Waals surface area contributed by atoms with Crippen molar-refractivity contribution in [3.63, 3.8) is 0 Å². The Hall–Kier alpha value is -2.25. The fourth-order valence-corrected chi connectivity index (χ4v) is 4.21. The first-order chi connectivity index (χ1) is 12.1. The zero-order chi connectivity index (χ0) is 17.6. The van der Waals surface area contributed by atoms with E-state index in [9.17, 15) is 14.3 Å². The topological polar surface area (TPSA) is 63.8 Å². The number of rotatable bonds is 5. The van der Waals surface area contributed by atoms with E-state index in [0.29, 0.717) is 10.7 Å². The molecule has 0 unspecified atom stereocenters. The molecule has 2 heterocycles. The van der Waals surface area contributed by atoms with Gasteiger partial charge in [0.05, 0.1) is 5.69 Å². The minimum atomic E-state index is -0.446. The number of aliphatic hydroxyl groups is 1. The Balaban J connectivity index is 1.65. The van der Waals surface area contributed by atoms with Crippen LogP contribution >= 0.6 is 11.3 Å². The molecule has 1 N–H and O–H groups in total. The number of hydrogen-bond acceptors (Lipinski definition) is 5. The van der Waals surface area contributed by atoms with E-state index in [0.717, 1.165) is 17.0 Å². The average molecular weight is 360 g/mol. The highest BCUT2D eigenvalue weighted by atomic mass is 32.1. The molecule has 0 spiro atoms. The maximum absolute atomic E-state index is 13.6. The van der Waals surface area contributed by atoms with Crippen LogP contribution in [0.25, 0.3) is 4.96 Å². The zero-order valence-corrected chi connectivity index (χ0v) is 14.4. The van der Waals surface area contributed by atoms with Crippen LogP contribution in [0.4, 0.5) is 4.39 Å². The normalized spacial score (nSPS) is 19.3. The molecule has 5 nitrogen and oxygen atoms in total. The largest absolute Gasteiger partial charge is 0.484 e. The van der Waals surface area contributed by atoms with Gasteiger partial charge in [0.2, 0.25) is 0 Å². The van der Waals surface area contributed by atoms with E-state index in [1.165, 1.54) is 29.5 Å². The predicted octanol–water partition coefficient (Wildman–Crippen LogP) is 2.88. The SMILES string of the molecule is Cc1sc2nc(COc3ccccc3F)cc(=O)n2c1[C@@H]1C[C@H]1CO. The lowest BCUT2D eigenvalue weighted by atomic mass is 10.2. The molecule has 0 amide bonds. The Kier molecular flexibility index (Phi) is 4.05. The van der Waals surface area contributed by atoms with Gasteiger partial charge in [0.15, 0.2) is 16.5 Å². The van der Waals surface area contributed by atoms with Crippen molar-refractivity contribution >= 4 is 16.3 Å². The summed E-state index contributed by atoms with van der Waals surface area (Å²) in [5, 5.41) is 9.31. The summed E-state index contributed by atoms with van der Waals surface area (Å²) in [5.41, 5.74) is 1.26. The number of aromatic nitrogens is 2. The molecular weight excluding hydrogens is 343 g/mol. The Morgan fingerprint density at radius 1 is 1.44 bits per heavy atom. The smallest absolute Gasteiger partial charge is 0.259 e. The minimum Gasteiger partial charge on any atom is -0.484 e. The van der Waals surface area contributed by atoms with Crippen molar-refractivity contribution in [2.45, 2.75) is 25.9 Å². The summed E-state index contributed by atoms with van der Waals surface area (Å²) < 4.78 is 20.7. The molecule has 1 aromatic carbocycles. The van der Waals surface area contributed by atoms with Gasteiger partial charge >= 0.3 is 0 Å². The van der Waals surface area contributed by atoms with Crippen molar-refractivity contribution in [1.82, 2.24) is 9.38 Å². The number of halogens is 1. The number of hydrogen-bond donors (Lipinski definition) is 1. The van der Waals surface area contributed by atoms with Gasteiger partial charge in [0.25, 0.3) is 5.56 Å². The van der Waals surface area contributed by atoms with Crippen molar-refractivity contribution in [3.8, 4) is 5.75 Å². The number of para-hydroxylation sites is 1. The summed E-state index contributed by atoms with van der Waals surface area (Å²) in [5.74, 6) is 0.140. The van der Waals surface area contributed by atoms with Crippen LogP contribution in [0.3, 0.4) is 0 Å². The van der Waals surface area contributed by atoms with Crippen LogP contribution in [0.1, 0.15) is 28.6 Å². The number of nitrogens with zero attached hydrogens (tertiary/aromatic N) is 2. The number of fused-ring (bicyclic) bond motifs is 1. The third-order valence-corrected chi connectivity index (χ3v) is 5.48. The highest BCUT2D eigenvalue weighted by Gasteiger charge is 2.41. The van der Waals surface area contributed by atoms with E-state index >= 15 is 0 Å². The van der Waals surface area contributed by atoms with Gasteiger partial charge in [-0.05, 0) is 31.4 Å². The molecular formula is C18H17FN2O3S. The average Bonchev–Trinajstić information content (AvgIpc) is 3.29. The van der Waals surface area contributed by atoms with Crippen LogP contribution in [-0.4, -0.2) is 21.1 Å². The standard InChI is InChI=1S/C18H17FN2O3S/c1-10-17(13-6-11(13)8-22)21-16(23)7-12(20-18(21)25-10)9-24-15-5-3-2-4-14(15)19/h2-5,7,11,13,22H,6,8-9H2,1H3/t11-,13+/m0/s1. The highest BCUT2D eigenvalue weighted by Crippen LogP contribution is 2.49. The highest BCUT2D eigenvalue weighted by molar-refractivity contribution is 7.17. The third kappa shape index (κ3) is 2.94. The number of benzene rings is 1. The maximum Gasteiger partial charge on any atom is 0.259 e. The molecule has 0 radical (unpaired) electrons. The Labute approximate surface area is 147 Å². The molecule has 0 aliphatic heterocycles. The molecule has 1 saturated carbocycles. The van der Waals surface area contributed by atoms with E-state index in [1.807, 2.05) is 6.92 Å². The molecule has 0 bridgehead atoms. The third-order valence-electron chi connectivity index (χ3n) is 4.51. The van der Waals surface area contributed by atoms with E-state index in [2.05, 4.69) is 4.98 Å². The maximum atomic E-state index is 13.6. The van der Waals surface area contributed by atoms with E-state index in [-0.39, 0.29) is 36.4 Å². The number of ether oxygens (including phenoxy) is 1. The van der Waals surface area contributed by atoms with E-state index in [4.69, 9.17) is 4.74 Å². The Bertz CT molecular complexity index is 998. The summed E-state index contributed by atoms with van der Waals surface area (Å²) in [6.07, 6.45) is 0.897. The molecule has 130 valence electrons. The van der Waals surface area contributed by atoms with Crippen molar-refractivity contribution in [1.29, 1.82) is 0 Å². The van der Waals surface area contributed by atoms with Crippen LogP contribution in [-0.2, 0) is 6.61 Å². The Morgan fingerprint density at radius 2 is 2.24 bits per heavy atom.